The maximum Gasteiger partial charge on any atom is 0.140 e. The van der Waals surface area contributed by atoms with Gasteiger partial charge in [0.15, 0.2) is 0 Å². The highest BCUT2D eigenvalue weighted by Crippen LogP contribution is 2.31. The Bertz CT molecular complexity index is 877. The lowest BCUT2D eigenvalue weighted by Crippen LogP contribution is -2.44. The van der Waals surface area contributed by atoms with Gasteiger partial charge >= 0.3 is 0 Å². The van der Waals surface area contributed by atoms with Crippen LogP contribution >= 0.6 is 11.3 Å². The first-order valence-electron chi connectivity index (χ1n) is 9.35. The molecule has 3 aromatic heterocycles. The molecule has 7 heteroatoms. The molecule has 1 saturated heterocycles. The second kappa shape index (κ2) is 7.32. The Labute approximate surface area is 158 Å². The van der Waals surface area contributed by atoms with E-state index in [1.54, 1.807) is 17.7 Å². The molecule has 1 fully saturated rings. The molecule has 138 valence electrons. The molecule has 1 aliphatic heterocycles. The first kappa shape index (κ1) is 17.4. The van der Waals surface area contributed by atoms with E-state index in [0.717, 1.165) is 43.0 Å². The highest BCUT2D eigenvalue weighted by Gasteiger charge is 2.24. The zero-order valence-corrected chi connectivity index (χ0v) is 16.5. The lowest BCUT2D eigenvalue weighted by molar-refractivity contribution is 0.354. The van der Waals surface area contributed by atoms with Crippen molar-refractivity contribution in [2.45, 2.75) is 45.2 Å². The number of fused-ring (bicyclic) bond motifs is 1. The third-order valence-electron chi connectivity index (χ3n) is 5.29. The Balaban J connectivity index is 1.43. The van der Waals surface area contributed by atoms with E-state index < -0.39 is 0 Å². The molecule has 1 aliphatic rings. The van der Waals surface area contributed by atoms with Gasteiger partial charge in [-0.25, -0.2) is 9.97 Å². The Hall–Kier alpha value is -1.99. The van der Waals surface area contributed by atoms with Crippen LogP contribution in [0.15, 0.2) is 24.7 Å². The number of nitrogens with one attached hydrogen (secondary N) is 1. The zero-order chi connectivity index (χ0) is 18.1. The molecule has 0 radical (unpaired) electrons. The van der Waals surface area contributed by atoms with Crippen molar-refractivity contribution in [3.05, 3.63) is 35.2 Å². The normalized spacial score (nSPS) is 17.1. The van der Waals surface area contributed by atoms with Crippen molar-refractivity contribution in [2.75, 3.05) is 18.0 Å². The zero-order valence-electron chi connectivity index (χ0n) is 15.6. The summed E-state index contributed by atoms with van der Waals surface area (Å²) in [5.74, 6) is 1.09. The largest absolute Gasteiger partial charge is 0.356 e. The summed E-state index contributed by atoms with van der Waals surface area (Å²) in [5, 5.41) is 9.36. The molecule has 26 heavy (non-hydrogen) atoms. The van der Waals surface area contributed by atoms with Gasteiger partial charge in [-0.15, -0.1) is 11.3 Å². The van der Waals surface area contributed by atoms with Crippen LogP contribution in [0.5, 0.6) is 0 Å². The predicted molar refractivity (Wildman–Crippen MR) is 107 cm³/mol. The van der Waals surface area contributed by atoms with Crippen LogP contribution in [0.3, 0.4) is 0 Å². The predicted octanol–water partition coefficient (Wildman–Crippen LogP) is 3.44. The lowest BCUT2D eigenvalue weighted by Gasteiger charge is -2.35. The van der Waals surface area contributed by atoms with Gasteiger partial charge in [0.05, 0.1) is 11.1 Å². The summed E-state index contributed by atoms with van der Waals surface area (Å²) < 4.78 is 1.98. The molecule has 1 N–H and O–H groups in total. The maximum atomic E-state index is 4.59. The first-order chi connectivity index (χ1) is 12.7. The highest BCUT2D eigenvalue weighted by molar-refractivity contribution is 7.18. The minimum Gasteiger partial charge on any atom is -0.356 e. The number of hydrogen-bond donors (Lipinski definition) is 1. The van der Waals surface area contributed by atoms with Crippen LogP contribution in [0.1, 0.15) is 42.8 Å². The molecule has 0 saturated carbocycles. The average molecular weight is 371 g/mol. The van der Waals surface area contributed by atoms with Crippen LogP contribution < -0.4 is 10.2 Å². The molecular weight excluding hydrogens is 344 g/mol. The summed E-state index contributed by atoms with van der Waals surface area (Å²) in [6, 6.07) is 5.24. The summed E-state index contributed by atoms with van der Waals surface area (Å²) in [7, 11) is 2.02. The number of piperidine rings is 1. The van der Waals surface area contributed by atoms with Crippen LogP contribution in [0.25, 0.3) is 10.2 Å². The monoisotopic (exact) mass is 370 g/mol. The van der Waals surface area contributed by atoms with E-state index in [0.29, 0.717) is 12.1 Å². The van der Waals surface area contributed by atoms with Crippen LogP contribution in [0.4, 0.5) is 5.82 Å². The van der Waals surface area contributed by atoms with Gasteiger partial charge < -0.3 is 10.2 Å². The van der Waals surface area contributed by atoms with E-state index in [4.69, 9.17) is 0 Å². The van der Waals surface area contributed by atoms with Gasteiger partial charge in [-0.05, 0) is 38.3 Å². The molecule has 0 aliphatic carbocycles. The van der Waals surface area contributed by atoms with Crippen molar-refractivity contribution in [3.63, 3.8) is 0 Å². The summed E-state index contributed by atoms with van der Waals surface area (Å²) in [4.78, 5) is 13.8. The van der Waals surface area contributed by atoms with Crippen molar-refractivity contribution < 1.29 is 0 Å². The molecule has 4 rings (SSSR count). The molecule has 3 aromatic rings. The Morgan fingerprint density at radius 3 is 2.81 bits per heavy atom. The SMILES string of the molecule is CC[C@@H](NC1CCN(c2ncnc3sc(C)cc23)CC1)c1ccnn1C. The van der Waals surface area contributed by atoms with Crippen LogP contribution in [-0.4, -0.2) is 38.9 Å². The second-order valence-electron chi connectivity index (χ2n) is 7.04. The smallest absolute Gasteiger partial charge is 0.140 e. The van der Waals surface area contributed by atoms with E-state index in [1.165, 1.54) is 16.0 Å². The van der Waals surface area contributed by atoms with Crippen LogP contribution in [0.2, 0.25) is 0 Å². The topological polar surface area (TPSA) is 58.9 Å². The van der Waals surface area contributed by atoms with E-state index >= 15 is 0 Å². The summed E-state index contributed by atoms with van der Waals surface area (Å²) >= 11 is 1.74. The van der Waals surface area contributed by atoms with E-state index in [9.17, 15) is 0 Å². The lowest BCUT2D eigenvalue weighted by atomic mass is 10.0. The molecule has 6 nitrogen and oxygen atoms in total. The number of nitrogens with zero attached hydrogens (tertiary/aromatic N) is 5. The molecule has 0 unspecified atom stereocenters. The van der Waals surface area contributed by atoms with E-state index in [1.807, 2.05) is 17.9 Å². The van der Waals surface area contributed by atoms with Crippen molar-refractivity contribution in [1.82, 2.24) is 25.1 Å². The molecule has 0 bridgehead atoms. The standard InChI is InChI=1S/C19H26N6S/c1-4-16(17-5-8-22-24(17)3)23-14-6-9-25(10-7-14)18-15-11-13(2)26-19(15)21-12-20-18/h5,8,11-12,14,16,23H,4,6-7,9-10H2,1-3H3/t16-/m1/s1. The molecule has 0 spiro atoms. The fourth-order valence-electron chi connectivity index (χ4n) is 3.90. The average Bonchev–Trinajstić information content (AvgIpc) is 3.24. The molecule has 0 aromatic carbocycles. The second-order valence-corrected chi connectivity index (χ2v) is 8.28. The number of rotatable bonds is 5. The fraction of sp³-hybridized carbons (Fsp3) is 0.526. The van der Waals surface area contributed by atoms with Crippen molar-refractivity contribution >= 4 is 27.4 Å². The van der Waals surface area contributed by atoms with Gasteiger partial charge in [-0.2, -0.15) is 5.10 Å². The van der Waals surface area contributed by atoms with Crippen LogP contribution in [0, 0.1) is 6.92 Å². The van der Waals surface area contributed by atoms with Crippen molar-refractivity contribution in [1.29, 1.82) is 0 Å². The Morgan fingerprint density at radius 2 is 2.12 bits per heavy atom. The number of hydrogen-bond acceptors (Lipinski definition) is 6. The molecule has 4 heterocycles. The number of thiophene rings is 1. The van der Waals surface area contributed by atoms with E-state index in [-0.39, 0.29) is 0 Å². The van der Waals surface area contributed by atoms with Gasteiger partial charge in [0, 0.05) is 43.3 Å². The molecule has 1 atom stereocenters. The van der Waals surface area contributed by atoms with Crippen LogP contribution in [-0.2, 0) is 7.05 Å². The summed E-state index contributed by atoms with van der Waals surface area (Å²) in [5.41, 5.74) is 1.26. The third kappa shape index (κ3) is 3.33. The summed E-state index contributed by atoms with van der Waals surface area (Å²) in [6.45, 7) is 6.42. The summed E-state index contributed by atoms with van der Waals surface area (Å²) in [6.07, 6.45) is 6.91. The fourth-order valence-corrected chi connectivity index (χ4v) is 4.74. The quantitative estimate of drug-likeness (QED) is 0.745. The maximum absolute atomic E-state index is 4.59. The number of anilines is 1. The van der Waals surface area contributed by atoms with Gasteiger partial charge in [0.1, 0.15) is 17.0 Å². The number of aromatic nitrogens is 4. The third-order valence-corrected chi connectivity index (χ3v) is 6.25. The van der Waals surface area contributed by atoms with Crippen molar-refractivity contribution in [3.8, 4) is 0 Å². The molecule has 0 amide bonds. The Kier molecular flexibility index (Phi) is 4.91. The minimum absolute atomic E-state index is 0.365. The Morgan fingerprint density at radius 1 is 1.31 bits per heavy atom. The van der Waals surface area contributed by atoms with Gasteiger partial charge in [0.2, 0.25) is 0 Å². The highest BCUT2D eigenvalue weighted by atomic mass is 32.1. The first-order valence-corrected chi connectivity index (χ1v) is 10.2. The van der Waals surface area contributed by atoms with Gasteiger partial charge in [-0.3, -0.25) is 4.68 Å². The minimum atomic E-state index is 0.365. The van der Waals surface area contributed by atoms with E-state index in [2.05, 4.69) is 51.3 Å². The van der Waals surface area contributed by atoms with Crippen molar-refractivity contribution in [2.24, 2.45) is 7.05 Å². The molecular formula is C19H26N6S. The van der Waals surface area contributed by atoms with Gasteiger partial charge in [-0.1, -0.05) is 6.92 Å². The number of aryl methyl sites for hydroxylation is 2. The van der Waals surface area contributed by atoms with Gasteiger partial charge in [0.25, 0.3) is 0 Å².